The molecule has 1 heterocycles. The molecule has 1 aromatic carbocycles. The number of alkyl carbamates (subject to hydrolysis) is 1. The van der Waals surface area contributed by atoms with Gasteiger partial charge in [0.15, 0.2) is 12.4 Å². The third-order valence-corrected chi connectivity index (χ3v) is 3.29. The van der Waals surface area contributed by atoms with Crippen LogP contribution in [0.25, 0.3) is 11.3 Å². The summed E-state index contributed by atoms with van der Waals surface area (Å²) in [6.07, 6.45) is 0.992. The van der Waals surface area contributed by atoms with Crippen molar-refractivity contribution in [2.24, 2.45) is 0 Å². The molecule has 1 aromatic heterocycles. The van der Waals surface area contributed by atoms with Gasteiger partial charge in [0.25, 0.3) is 0 Å². The van der Waals surface area contributed by atoms with Crippen molar-refractivity contribution in [2.75, 3.05) is 6.54 Å². The molecule has 0 fully saturated rings. The number of amides is 1. The first-order valence-corrected chi connectivity index (χ1v) is 8.44. The van der Waals surface area contributed by atoms with E-state index in [0.717, 1.165) is 5.56 Å². The first kappa shape index (κ1) is 19.8. The van der Waals surface area contributed by atoms with Gasteiger partial charge < -0.3 is 19.2 Å². The Balaban J connectivity index is 1.73. The number of aromatic nitrogens is 1. The number of oxazole rings is 1. The molecule has 0 aliphatic carbocycles. The summed E-state index contributed by atoms with van der Waals surface area (Å²) < 4.78 is 15.7. The second-order valence-electron chi connectivity index (χ2n) is 6.46. The Hall–Kier alpha value is -2.54. The zero-order valence-corrected chi connectivity index (χ0v) is 15.6. The van der Waals surface area contributed by atoms with E-state index in [1.54, 1.807) is 51.2 Å². The molecule has 0 aliphatic rings. The number of nitrogens with zero attached hydrogens (tertiary/aromatic N) is 1. The number of hydrogen-bond acceptors (Lipinski definition) is 6. The van der Waals surface area contributed by atoms with Gasteiger partial charge in [-0.25, -0.2) is 9.78 Å². The minimum atomic E-state index is -0.586. The average molecular weight is 381 g/mol. The van der Waals surface area contributed by atoms with Gasteiger partial charge in [-0.15, -0.1) is 0 Å². The monoisotopic (exact) mass is 380 g/mol. The van der Waals surface area contributed by atoms with Crippen LogP contribution in [0, 0.1) is 0 Å². The summed E-state index contributed by atoms with van der Waals surface area (Å²) in [4.78, 5) is 27.2. The summed E-state index contributed by atoms with van der Waals surface area (Å²) in [7, 11) is 0. The number of nitrogens with one attached hydrogen (secondary N) is 1. The van der Waals surface area contributed by atoms with E-state index in [-0.39, 0.29) is 25.5 Å². The van der Waals surface area contributed by atoms with Crippen LogP contribution in [-0.4, -0.2) is 29.2 Å². The minimum Gasteiger partial charge on any atom is -0.456 e. The van der Waals surface area contributed by atoms with Crippen LogP contribution in [-0.2, 0) is 20.9 Å². The van der Waals surface area contributed by atoms with Gasteiger partial charge in [0, 0.05) is 17.1 Å². The molecule has 8 heteroatoms. The van der Waals surface area contributed by atoms with E-state index in [1.807, 2.05) is 0 Å². The van der Waals surface area contributed by atoms with Crippen molar-refractivity contribution in [3.8, 4) is 11.3 Å². The lowest BCUT2D eigenvalue weighted by atomic mass is 10.2. The molecule has 1 N–H and O–H groups in total. The van der Waals surface area contributed by atoms with Gasteiger partial charge in [0.05, 0.1) is 12.6 Å². The molecule has 0 saturated carbocycles. The molecular weight excluding hydrogens is 360 g/mol. The number of halogens is 1. The maximum atomic E-state index is 11.7. The van der Waals surface area contributed by atoms with E-state index in [1.165, 1.54) is 0 Å². The number of carbonyl (C=O) groups is 2. The van der Waals surface area contributed by atoms with Crippen molar-refractivity contribution in [3.63, 3.8) is 0 Å². The molecule has 140 valence electrons. The number of esters is 1. The molecule has 0 spiro atoms. The fourth-order valence-corrected chi connectivity index (χ4v) is 2.05. The zero-order chi connectivity index (χ0) is 19.2. The third-order valence-electron chi connectivity index (χ3n) is 3.04. The fraction of sp³-hybridized carbons (Fsp3) is 0.389. The lowest BCUT2D eigenvalue weighted by Gasteiger charge is -2.19. The van der Waals surface area contributed by atoms with Gasteiger partial charge in [-0.05, 0) is 45.0 Å². The summed E-state index contributed by atoms with van der Waals surface area (Å²) in [6, 6.07) is 7.11. The summed E-state index contributed by atoms with van der Waals surface area (Å²) in [5.41, 5.74) is 0.234. The smallest absolute Gasteiger partial charge is 0.407 e. The second kappa shape index (κ2) is 8.71. The number of benzene rings is 1. The van der Waals surface area contributed by atoms with Crippen molar-refractivity contribution < 1.29 is 23.5 Å². The molecule has 1 amide bonds. The molecule has 0 saturated heterocycles. The summed E-state index contributed by atoms with van der Waals surface area (Å²) in [5.74, 6) is 0.356. The number of ether oxygens (including phenoxy) is 2. The standard InChI is InChI=1S/C18H21ClN2O5/c1-18(2,3)26-17(23)20-9-8-16(22)24-11-15-21-10-14(25-15)12-4-6-13(19)7-5-12/h4-7,10H,8-9,11H2,1-3H3,(H,20,23). The highest BCUT2D eigenvalue weighted by molar-refractivity contribution is 6.30. The Morgan fingerprint density at radius 1 is 1.23 bits per heavy atom. The highest BCUT2D eigenvalue weighted by Crippen LogP contribution is 2.22. The number of carbonyl (C=O) groups excluding carboxylic acids is 2. The molecular formula is C18H21ClN2O5. The quantitative estimate of drug-likeness (QED) is 0.763. The predicted molar refractivity (Wildman–Crippen MR) is 95.6 cm³/mol. The van der Waals surface area contributed by atoms with Crippen LogP contribution in [0.1, 0.15) is 33.1 Å². The second-order valence-corrected chi connectivity index (χ2v) is 6.90. The molecule has 0 atom stereocenters. The van der Waals surface area contributed by atoms with Crippen LogP contribution in [0.5, 0.6) is 0 Å². The molecule has 0 aliphatic heterocycles. The molecule has 0 radical (unpaired) electrons. The molecule has 0 bridgehead atoms. The van der Waals surface area contributed by atoms with E-state index in [4.69, 9.17) is 25.5 Å². The Kier molecular flexibility index (Phi) is 6.63. The molecule has 26 heavy (non-hydrogen) atoms. The van der Waals surface area contributed by atoms with E-state index in [0.29, 0.717) is 10.8 Å². The molecule has 2 aromatic rings. The average Bonchev–Trinajstić information content (AvgIpc) is 3.01. The van der Waals surface area contributed by atoms with Crippen molar-refractivity contribution in [1.29, 1.82) is 0 Å². The summed E-state index contributed by atoms with van der Waals surface area (Å²) >= 11 is 5.84. The number of rotatable bonds is 6. The van der Waals surface area contributed by atoms with Gasteiger partial charge in [-0.2, -0.15) is 0 Å². The van der Waals surface area contributed by atoms with Gasteiger partial charge >= 0.3 is 12.1 Å². The van der Waals surface area contributed by atoms with Crippen LogP contribution >= 0.6 is 11.6 Å². The van der Waals surface area contributed by atoms with E-state index in [2.05, 4.69) is 10.3 Å². The first-order chi connectivity index (χ1) is 12.2. The fourth-order valence-electron chi connectivity index (χ4n) is 1.92. The van der Waals surface area contributed by atoms with Crippen LogP contribution in [0.4, 0.5) is 4.79 Å². The highest BCUT2D eigenvalue weighted by atomic mass is 35.5. The minimum absolute atomic E-state index is 0.0179. The van der Waals surface area contributed by atoms with Crippen molar-refractivity contribution >= 4 is 23.7 Å². The third kappa shape index (κ3) is 6.76. The van der Waals surface area contributed by atoms with Crippen LogP contribution in [0.2, 0.25) is 5.02 Å². The van der Waals surface area contributed by atoms with Gasteiger partial charge in [0.1, 0.15) is 5.60 Å². The normalized spacial score (nSPS) is 11.1. The van der Waals surface area contributed by atoms with Gasteiger partial charge in [-0.3, -0.25) is 4.79 Å². The van der Waals surface area contributed by atoms with E-state index < -0.39 is 17.7 Å². The maximum Gasteiger partial charge on any atom is 0.407 e. The van der Waals surface area contributed by atoms with E-state index in [9.17, 15) is 9.59 Å². The molecule has 0 unspecified atom stereocenters. The Morgan fingerprint density at radius 2 is 1.92 bits per heavy atom. The maximum absolute atomic E-state index is 11.7. The Bertz CT molecular complexity index is 750. The zero-order valence-electron chi connectivity index (χ0n) is 14.9. The Morgan fingerprint density at radius 3 is 2.58 bits per heavy atom. The first-order valence-electron chi connectivity index (χ1n) is 8.06. The van der Waals surface area contributed by atoms with Crippen LogP contribution in [0.15, 0.2) is 34.9 Å². The SMILES string of the molecule is CC(C)(C)OC(=O)NCCC(=O)OCc1ncc(-c2ccc(Cl)cc2)o1. The largest absolute Gasteiger partial charge is 0.456 e. The van der Waals surface area contributed by atoms with Crippen molar-refractivity contribution in [2.45, 2.75) is 39.4 Å². The van der Waals surface area contributed by atoms with Gasteiger partial charge in [0.2, 0.25) is 5.89 Å². The summed E-state index contributed by atoms with van der Waals surface area (Å²) in [6.45, 7) is 5.31. The molecule has 2 rings (SSSR count). The van der Waals surface area contributed by atoms with E-state index >= 15 is 0 Å². The topological polar surface area (TPSA) is 90.7 Å². The lowest BCUT2D eigenvalue weighted by Crippen LogP contribution is -2.33. The van der Waals surface area contributed by atoms with Crippen LogP contribution in [0.3, 0.4) is 0 Å². The molecule has 7 nitrogen and oxygen atoms in total. The Labute approximate surface area is 156 Å². The highest BCUT2D eigenvalue weighted by Gasteiger charge is 2.16. The van der Waals surface area contributed by atoms with Crippen molar-refractivity contribution in [3.05, 3.63) is 41.4 Å². The summed E-state index contributed by atoms with van der Waals surface area (Å²) in [5, 5.41) is 3.11. The van der Waals surface area contributed by atoms with Crippen LogP contribution < -0.4 is 5.32 Å². The van der Waals surface area contributed by atoms with Crippen molar-refractivity contribution in [1.82, 2.24) is 10.3 Å². The van der Waals surface area contributed by atoms with Gasteiger partial charge in [-0.1, -0.05) is 11.6 Å². The lowest BCUT2D eigenvalue weighted by molar-refractivity contribution is -0.145. The predicted octanol–water partition coefficient (Wildman–Crippen LogP) is 3.95. The number of hydrogen-bond donors (Lipinski definition) is 1.